The summed E-state index contributed by atoms with van der Waals surface area (Å²) in [6.07, 6.45) is 3.48. The number of furan rings is 1. The average molecular weight is 548 g/mol. The molecule has 0 aliphatic carbocycles. The summed E-state index contributed by atoms with van der Waals surface area (Å²) in [4.78, 5) is 6.46. The summed E-state index contributed by atoms with van der Waals surface area (Å²) in [5.74, 6) is 1.75. The van der Waals surface area contributed by atoms with Gasteiger partial charge in [0.15, 0.2) is 5.96 Å². The summed E-state index contributed by atoms with van der Waals surface area (Å²) in [6, 6.07) is 12.2. The van der Waals surface area contributed by atoms with E-state index in [4.69, 9.17) is 4.42 Å². The molecule has 1 unspecified atom stereocenters. The zero-order valence-electron chi connectivity index (χ0n) is 18.1. The van der Waals surface area contributed by atoms with Crippen molar-refractivity contribution in [1.82, 2.24) is 15.5 Å². The lowest BCUT2D eigenvalue weighted by Crippen LogP contribution is -2.42. The maximum absolute atomic E-state index is 11.3. The highest BCUT2D eigenvalue weighted by Gasteiger charge is 2.11. The summed E-state index contributed by atoms with van der Waals surface area (Å²) in [5.41, 5.74) is 2.42. The summed E-state index contributed by atoms with van der Waals surface area (Å²) in [6.45, 7) is 4.13. The van der Waals surface area contributed by atoms with Crippen LogP contribution in [0.2, 0.25) is 0 Å². The Kier molecular flexibility index (Phi) is 11.4. The molecule has 168 valence electrons. The number of aliphatic imine (C=N–C) groups is 1. The number of hydrogen-bond acceptors (Lipinski definition) is 5. The minimum absolute atomic E-state index is 0. The van der Waals surface area contributed by atoms with Crippen LogP contribution in [-0.4, -0.2) is 51.4 Å². The number of halogens is 1. The molecule has 2 rings (SSSR count). The molecule has 1 heterocycles. The van der Waals surface area contributed by atoms with E-state index in [2.05, 4.69) is 39.7 Å². The molecule has 0 bridgehead atoms. The van der Waals surface area contributed by atoms with Crippen LogP contribution in [0, 0.1) is 0 Å². The number of guanidine groups is 1. The standard InChI is InChI=1S/C21H32N4O3S.HI/c1-17(11-13-29(4,26)27)24-21(22-2)23-14-18-8-5-6-9-19(18)15-25(3)16-20-10-7-12-28-20;/h5-10,12,17H,11,13-16H2,1-4H3,(H2,22,23,24);1H. The topological polar surface area (TPSA) is 86.9 Å². The van der Waals surface area contributed by atoms with Gasteiger partial charge in [0.2, 0.25) is 0 Å². The molecule has 0 aliphatic rings. The molecule has 30 heavy (non-hydrogen) atoms. The van der Waals surface area contributed by atoms with Gasteiger partial charge >= 0.3 is 0 Å². The molecule has 0 amide bonds. The Hall–Kier alpha value is -1.59. The highest BCUT2D eigenvalue weighted by atomic mass is 127. The van der Waals surface area contributed by atoms with Crippen molar-refractivity contribution in [3.8, 4) is 0 Å². The van der Waals surface area contributed by atoms with Crippen LogP contribution in [0.5, 0.6) is 0 Å². The van der Waals surface area contributed by atoms with Crippen molar-refractivity contribution in [2.24, 2.45) is 4.99 Å². The van der Waals surface area contributed by atoms with Crippen LogP contribution in [0.25, 0.3) is 0 Å². The molecule has 1 aromatic carbocycles. The van der Waals surface area contributed by atoms with Gasteiger partial charge in [-0.1, -0.05) is 24.3 Å². The highest BCUT2D eigenvalue weighted by Crippen LogP contribution is 2.13. The molecule has 7 nitrogen and oxygen atoms in total. The van der Waals surface area contributed by atoms with E-state index in [0.717, 1.165) is 18.8 Å². The predicted molar refractivity (Wildman–Crippen MR) is 133 cm³/mol. The molecule has 0 saturated heterocycles. The number of sulfone groups is 1. The molecule has 2 N–H and O–H groups in total. The van der Waals surface area contributed by atoms with Crippen LogP contribution >= 0.6 is 24.0 Å². The first kappa shape index (κ1) is 26.4. The van der Waals surface area contributed by atoms with Crippen molar-refractivity contribution in [1.29, 1.82) is 0 Å². The molecular formula is C21H33IN4O3S. The van der Waals surface area contributed by atoms with E-state index < -0.39 is 9.84 Å². The van der Waals surface area contributed by atoms with Crippen LogP contribution in [0.3, 0.4) is 0 Å². The van der Waals surface area contributed by atoms with E-state index in [-0.39, 0.29) is 35.8 Å². The minimum atomic E-state index is -2.96. The molecule has 1 aromatic heterocycles. The quantitative estimate of drug-likeness (QED) is 0.270. The van der Waals surface area contributed by atoms with Gasteiger partial charge in [-0.05, 0) is 43.7 Å². The third kappa shape index (κ3) is 9.94. The summed E-state index contributed by atoms with van der Waals surface area (Å²) >= 11 is 0. The Morgan fingerprint density at radius 1 is 1.17 bits per heavy atom. The van der Waals surface area contributed by atoms with Crippen molar-refractivity contribution in [2.45, 2.75) is 39.0 Å². The first-order valence-electron chi connectivity index (χ1n) is 9.69. The molecular weight excluding hydrogens is 515 g/mol. The molecule has 0 radical (unpaired) electrons. The second-order valence-electron chi connectivity index (χ2n) is 7.41. The lowest BCUT2D eigenvalue weighted by atomic mass is 10.1. The number of benzene rings is 1. The lowest BCUT2D eigenvalue weighted by molar-refractivity contribution is 0.287. The Balaban J connectivity index is 0.00000450. The van der Waals surface area contributed by atoms with Crippen molar-refractivity contribution < 1.29 is 12.8 Å². The molecule has 0 spiro atoms. The zero-order valence-corrected chi connectivity index (χ0v) is 21.2. The summed E-state index contributed by atoms with van der Waals surface area (Å²) in [5, 5.41) is 6.58. The van der Waals surface area contributed by atoms with Gasteiger partial charge in [0.05, 0.1) is 18.6 Å². The fraction of sp³-hybridized carbons (Fsp3) is 0.476. The van der Waals surface area contributed by atoms with Gasteiger partial charge < -0.3 is 15.1 Å². The Labute approximate surface area is 197 Å². The number of hydrogen-bond donors (Lipinski definition) is 2. The van der Waals surface area contributed by atoms with E-state index in [1.807, 2.05) is 31.2 Å². The number of nitrogens with one attached hydrogen (secondary N) is 2. The van der Waals surface area contributed by atoms with Crippen molar-refractivity contribution in [2.75, 3.05) is 26.1 Å². The normalized spacial score (nSPS) is 13.0. The molecule has 1 atom stereocenters. The smallest absolute Gasteiger partial charge is 0.191 e. The van der Waals surface area contributed by atoms with Crippen molar-refractivity contribution >= 4 is 39.8 Å². The van der Waals surface area contributed by atoms with Gasteiger partial charge in [-0.15, -0.1) is 24.0 Å². The Morgan fingerprint density at radius 2 is 1.87 bits per heavy atom. The van der Waals surface area contributed by atoms with E-state index in [1.165, 1.54) is 17.4 Å². The highest BCUT2D eigenvalue weighted by molar-refractivity contribution is 14.0. The largest absolute Gasteiger partial charge is 0.468 e. The monoisotopic (exact) mass is 548 g/mol. The van der Waals surface area contributed by atoms with Gasteiger partial charge in [0.25, 0.3) is 0 Å². The van der Waals surface area contributed by atoms with E-state index in [0.29, 0.717) is 18.9 Å². The maximum atomic E-state index is 11.3. The van der Waals surface area contributed by atoms with Gasteiger partial charge in [-0.25, -0.2) is 8.42 Å². The van der Waals surface area contributed by atoms with E-state index in [1.54, 1.807) is 13.3 Å². The van der Waals surface area contributed by atoms with Crippen molar-refractivity contribution in [3.05, 3.63) is 59.5 Å². The number of rotatable bonds is 10. The lowest BCUT2D eigenvalue weighted by Gasteiger charge is -2.20. The molecule has 0 saturated carbocycles. The fourth-order valence-electron chi connectivity index (χ4n) is 2.97. The first-order chi connectivity index (χ1) is 13.8. The predicted octanol–water partition coefficient (Wildman–Crippen LogP) is 3.02. The maximum Gasteiger partial charge on any atom is 0.191 e. The second-order valence-corrected chi connectivity index (χ2v) is 9.67. The van der Waals surface area contributed by atoms with Gasteiger partial charge in [0.1, 0.15) is 15.6 Å². The van der Waals surface area contributed by atoms with E-state index in [9.17, 15) is 8.42 Å². The third-order valence-electron chi connectivity index (χ3n) is 4.54. The van der Waals surface area contributed by atoms with Crippen LogP contribution < -0.4 is 10.6 Å². The molecule has 2 aromatic rings. The Morgan fingerprint density at radius 3 is 2.47 bits per heavy atom. The van der Waals surface area contributed by atoms with Crippen LogP contribution in [0.15, 0.2) is 52.1 Å². The SMILES string of the molecule is CN=C(NCc1ccccc1CN(C)Cc1ccco1)NC(C)CCS(C)(=O)=O.I. The molecule has 9 heteroatoms. The van der Waals surface area contributed by atoms with Gasteiger partial charge in [-0.3, -0.25) is 9.89 Å². The van der Waals surface area contributed by atoms with Crippen LogP contribution in [-0.2, 0) is 29.5 Å². The van der Waals surface area contributed by atoms with Crippen LogP contribution in [0.4, 0.5) is 0 Å². The van der Waals surface area contributed by atoms with Gasteiger partial charge in [-0.2, -0.15) is 0 Å². The molecule has 0 aliphatic heterocycles. The molecule has 0 fully saturated rings. The van der Waals surface area contributed by atoms with Crippen LogP contribution in [0.1, 0.15) is 30.2 Å². The first-order valence-corrected chi connectivity index (χ1v) is 11.8. The fourth-order valence-corrected chi connectivity index (χ4v) is 3.75. The zero-order chi connectivity index (χ0) is 21.3. The van der Waals surface area contributed by atoms with Gasteiger partial charge in [0, 0.05) is 32.4 Å². The summed E-state index contributed by atoms with van der Waals surface area (Å²) < 4.78 is 28.1. The average Bonchev–Trinajstić information content (AvgIpc) is 3.16. The number of nitrogens with zero attached hydrogens (tertiary/aromatic N) is 2. The minimum Gasteiger partial charge on any atom is -0.468 e. The van der Waals surface area contributed by atoms with Crippen molar-refractivity contribution in [3.63, 3.8) is 0 Å². The van der Waals surface area contributed by atoms with E-state index >= 15 is 0 Å². The Bertz CT molecular complexity index is 885. The third-order valence-corrected chi connectivity index (χ3v) is 5.52. The second kappa shape index (κ2) is 13.0. The summed E-state index contributed by atoms with van der Waals surface area (Å²) in [7, 11) is 0.811.